The fourth-order valence-corrected chi connectivity index (χ4v) is 4.20. The lowest BCUT2D eigenvalue weighted by atomic mass is 9.49. The van der Waals surface area contributed by atoms with Crippen molar-refractivity contribution in [2.45, 2.75) is 59.7 Å². The Hall–Kier alpha value is -1.24. The minimum Gasteiger partial charge on any atom is -0.489 e. The van der Waals surface area contributed by atoms with Crippen molar-refractivity contribution in [3.8, 4) is 11.8 Å². The summed E-state index contributed by atoms with van der Waals surface area (Å²) in [5.74, 6) is 0.721. The van der Waals surface area contributed by atoms with Gasteiger partial charge in [-0.2, -0.15) is 5.26 Å². The molecule has 1 aromatic carbocycles. The van der Waals surface area contributed by atoms with Gasteiger partial charge in [0.1, 0.15) is 17.9 Å². The lowest BCUT2D eigenvalue weighted by Crippen LogP contribution is -2.74. The van der Waals surface area contributed by atoms with Crippen molar-refractivity contribution >= 4 is 11.6 Å². The van der Waals surface area contributed by atoms with Crippen LogP contribution in [0.1, 0.15) is 47.1 Å². The zero-order valence-corrected chi connectivity index (χ0v) is 15.0. The number of ether oxygens (including phenoxy) is 1. The highest BCUT2D eigenvalue weighted by atomic mass is 35.5. The summed E-state index contributed by atoms with van der Waals surface area (Å²) in [6, 6.07) is 8.15. The zero-order chi connectivity index (χ0) is 16.7. The fourth-order valence-electron chi connectivity index (χ4n) is 3.99. The molecule has 1 fully saturated rings. The first-order valence-corrected chi connectivity index (χ1v) is 8.11. The third-order valence-corrected chi connectivity index (χ3v) is 4.97. The number of hydrogen-bond acceptors (Lipinski definition) is 3. The molecule has 1 saturated carbocycles. The topological polar surface area (TPSA) is 45.0 Å². The van der Waals surface area contributed by atoms with Crippen LogP contribution in [0.4, 0.5) is 0 Å². The average Bonchev–Trinajstić information content (AvgIpc) is 2.41. The van der Waals surface area contributed by atoms with Crippen LogP contribution in [0.3, 0.4) is 0 Å². The number of benzene rings is 1. The van der Waals surface area contributed by atoms with Gasteiger partial charge in [-0.25, -0.2) is 0 Å². The Balaban J connectivity index is 2.20. The second-order valence-corrected chi connectivity index (χ2v) is 8.06. The molecule has 0 saturated heterocycles. The summed E-state index contributed by atoms with van der Waals surface area (Å²) in [5.41, 5.74) is 0.517. The number of nitrogens with one attached hydrogen (secondary N) is 1. The highest BCUT2D eigenvalue weighted by Crippen LogP contribution is 2.55. The van der Waals surface area contributed by atoms with Crippen LogP contribution in [-0.2, 0) is 0 Å². The lowest BCUT2D eigenvalue weighted by Gasteiger charge is -2.63. The first-order valence-electron chi connectivity index (χ1n) is 7.73. The van der Waals surface area contributed by atoms with E-state index < -0.39 is 0 Å². The lowest BCUT2D eigenvalue weighted by molar-refractivity contribution is -0.170. The highest BCUT2D eigenvalue weighted by Gasteiger charge is 2.63. The van der Waals surface area contributed by atoms with Gasteiger partial charge in [0.25, 0.3) is 0 Å². The third kappa shape index (κ3) is 2.83. The molecule has 1 aromatic rings. The van der Waals surface area contributed by atoms with Crippen LogP contribution in [0.25, 0.3) is 0 Å². The van der Waals surface area contributed by atoms with Gasteiger partial charge in [-0.3, -0.25) is 0 Å². The number of hydrogen-bond donors (Lipinski definition) is 1. The van der Waals surface area contributed by atoms with E-state index >= 15 is 0 Å². The Morgan fingerprint density at radius 3 is 2.27 bits per heavy atom. The van der Waals surface area contributed by atoms with E-state index in [-0.39, 0.29) is 16.9 Å². The molecule has 1 aliphatic rings. The Bertz CT molecular complexity index is 586. The number of nitriles is 1. The van der Waals surface area contributed by atoms with Crippen LogP contribution in [0, 0.1) is 22.2 Å². The molecular weight excluding hydrogens is 296 g/mol. The molecule has 0 unspecified atom stereocenters. The molecule has 0 aromatic heterocycles. The van der Waals surface area contributed by atoms with E-state index in [1.807, 2.05) is 6.07 Å². The van der Waals surface area contributed by atoms with Gasteiger partial charge in [0, 0.05) is 29.0 Å². The minimum absolute atomic E-state index is 0.0220. The smallest absolute Gasteiger partial charge is 0.121 e. The predicted octanol–water partition coefficient (Wildman–Crippen LogP) is 4.39. The molecule has 0 radical (unpaired) electrons. The normalized spacial score (nSPS) is 25.4. The molecule has 0 amide bonds. The van der Waals surface area contributed by atoms with Gasteiger partial charge in [-0.05, 0) is 12.1 Å². The van der Waals surface area contributed by atoms with Gasteiger partial charge in [-0.15, -0.1) is 0 Å². The number of rotatable bonds is 4. The van der Waals surface area contributed by atoms with Crippen molar-refractivity contribution in [2.24, 2.45) is 10.8 Å². The van der Waals surface area contributed by atoms with E-state index in [9.17, 15) is 0 Å². The van der Waals surface area contributed by atoms with Crippen LogP contribution in [-0.4, -0.2) is 18.2 Å². The molecule has 4 heteroatoms. The van der Waals surface area contributed by atoms with E-state index in [4.69, 9.17) is 21.6 Å². The monoisotopic (exact) mass is 320 g/mol. The van der Waals surface area contributed by atoms with Crippen LogP contribution in [0.5, 0.6) is 5.75 Å². The largest absolute Gasteiger partial charge is 0.489 e. The van der Waals surface area contributed by atoms with Crippen LogP contribution in [0.2, 0.25) is 5.02 Å². The number of halogens is 1. The Kier molecular flexibility index (Phi) is 4.48. The van der Waals surface area contributed by atoms with Crippen molar-refractivity contribution in [3.63, 3.8) is 0 Å². The maximum atomic E-state index is 8.95. The minimum atomic E-state index is 0.0220. The maximum Gasteiger partial charge on any atom is 0.121 e. The molecule has 0 aliphatic heterocycles. The first kappa shape index (κ1) is 17.1. The van der Waals surface area contributed by atoms with Crippen molar-refractivity contribution in [3.05, 3.63) is 28.8 Å². The Labute approximate surface area is 138 Å². The average molecular weight is 321 g/mol. The van der Waals surface area contributed by atoms with Crippen molar-refractivity contribution in [1.29, 1.82) is 5.26 Å². The summed E-state index contributed by atoms with van der Waals surface area (Å²) in [5, 5.41) is 13.0. The SMILES string of the molecule is CC(C)N[C@H]1C(C)(C)[C@@H](Oc2ccc(C#N)c(Cl)c2)C1(C)C. The maximum absolute atomic E-state index is 8.95. The van der Waals surface area contributed by atoms with Gasteiger partial charge in [0.15, 0.2) is 0 Å². The summed E-state index contributed by atoms with van der Waals surface area (Å²) in [4.78, 5) is 0. The van der Waals surface area contributed by atoms with Gasteiger partial charge < -0.3 is 10.1 Å². The molecule has 0 atom stereocenters. The number of nitrogens with zero attached hydrogens (tertiary/aromatic N) is 1. The van der Waals surface area contributed by atoms with Gasteiger partial charge >= 0.3 is 0 Å². The summed E-state index contributed by atoms with van der Waals surface area (Å²) < 4.78 is 6.24. The fraction of sp³-hybridized carbons (Fsp3) is 0.611. The summed E-state index contributed by atoms with van der Waals surface area (Å²) in [6.07, 6.45) is 0.0836. The van der Waals surface area contributed by atoms with E-state index in [0.29, 0.717) is 22.7 Å². The molecule has 1 aliphatic carbocycles. The van der Waals surface area contributed by atoms with Gasteiger partial charge in [0.05, 0.1) is 10.6 Å². The summed E-state index contributed by atoms with van der Waals surface area (Å²) >= 11 is 6.10. The van der Waals surface area contributed by atoms with E-state index in [1.54, 1.807) is 12.1 Å². The van der Waals surface area contributed by atoms with Crippen molar-refractivity contribution in [2.75, 3.05) is 0 Å². The second-order valence-electron chi connectivity index (χ2n) is 7.65. The van der Waals surface area contributed by atoms with E-state index in [1.165, 1.54) is 0 Å². The molecule has 0 spiro atoms. The van der Waals surface area contributed by atoms with Gasteiger partial charge in [-0.1, -0.05) is 53.1 Å². The highest BCUT2D eigenvalue weighted by molar-refractivity contribution is 6.31. The zero-order valence-electron chi connectivity index (χ0n) is 14.2. The molecule has 0 bridgehead atoms. The van der Waals surface area contributed by atoms with E-state index in [0.717, 1.165) is 5.75 Å². The standard InChI is InChI=1S/C18H25ClN2O/c1-11(2)21-15-17(3,4)16(18(15,5)6)22-13-8-7-12(10-20)14(19)9-13/h7-9,11,15-16,21H,1-6H3/t15-,16+. The quantitative estimate of drug-likeness (QED) is 0.894. The molecule has 22 heavy (non-hydrogen) atoms. The third-order valence-electron chi connectivity index (χ3n) is 4.65. The van der Waals surface area contributed by atoms with Crippen molar-refractivity contribution < 1.29 is 4.74 Å². The van der Waals surface area contributed by atoms with Crippen molar-refractivity contribution in [1.82, 2.24) is 5.32 Å². The summed E-state index contributed by atoms with van der Waals surface area (Å²) in [7, 11) is 0. The molecule has 1 N–H and O–H groups in total. The Morgan fingerprint density at radius 1 is 1.23 bits per heavy atom. The summed E-state index contributed by atoms with van der Waals surface area (Å²) in [6.45, 7) is 13.3. The molecule has 2 rings (SSSR count). The van der Waals surface area contributed by atoms with E-state index in [2.05, 4.69) is 52.9 Å². The van der Waals surface area contributed by atoms with Crippen LogP contribution in [0.15, 0.2) is 18.2 Å². The Morgan fingerprint density at radius 2 is 1.82 bits per heavy atom. The van der Waals surface area contributed by atoms with Crippen LogP contribution >= 0.6 is 11.6 Å². The molecule has 120 valence electrons. The molecular formula is C18H25ClN2O. The predicted molar refractivity (Wildman–Crippen MR) is 90.2 cm³/mol. The second kappa shape index (κ2) is 5.76. The first-order chi connectivity index (χ1) is 10.1. The molecule has 3 nitrogen and oxygen atoms in total. The van der Waals surface area contributed by atoms with Gasteiger partial charge in [0.2, 0.25) is 0 Å². The van der Waals surface area contributed by atoms with Crippen LogP contribution < -0.4 is 10.1 Å². The molecule has 0 heterocycles.